The molecule has 1 amide bonds. The molecule has 0 aliphatic rings. The number of carbonyl (C=O) groups is 2. The largest absolute Gasteiger partial charge is 0.480 e. The number of hydrogen-bond acceptors (Lipinski definition) is 3. The van der Waals surface area contributed by atoms with Crippen LogP contribution in [0.2, 0.25) is 0 Å². The predicted molar refractivity (Wildman–Crippen MR) is 101 cm³/mol. The van der Waals surface area contributed by atoms with Gasteiger partial charge >= 0.3 is 5.97 Å². The van der Waals surface area contributed by atoms with Crippen molar-refractivity contribution in [3.8, 4) is 11.1 Å². The molecule has 5 heteroatoms. The number of carboxylic acid groups (broad SMARTS) is 1. The number of ether oxygens (including phenoxy) is 1. The molecule has 0 saturated carbocycles. The molecule has 0 saturated heterocycles. The molecule has 2 aromatic rings. The minimum Gasteiger partial charge on any atom is -0.480 e. The van der Waals surface area contributed by atoms with Crippen LogP contribution in [0, 0.1) is 0 Å². The smallest absolute Gasteiger partial charge is 0.326 e. The first-order chi connectivity index (χ1) is 12.3. The number of rotatable bonds is 7. The summed E-state index contributed by atoms with van der Waals surface area (Å²) in [5.74, 6) is -1.48. The number of carboxylic acids is 1. The molecular weight excluding hydrogens is 330 g/mol. The van der Waals surface area contributed by atoms with Crippen LogP contribution in [-0.4, -0.2) is 35.2 Å². The van der Waals surface area contributed by atoms with Crippen molar-refractivity contribution in [1.82, 2.24) is 5.32 Å². The third kappa shape index (κ3) is 6.01. The van der Waals surface area contributed by atoms with Crippen LogP contribution < -0.4 is 5.32 Å². The molecule has 2 rings (SSSR count). The van der Waals surface area contributed by atoms with Crippen LogP contribution in [0.25, 0.3) is 11.1 Å². The van der Waals surface area contributed by atoms with Gasteiger partial charge in [-0.3, -0.25) is 4.79 Å². The summed E-state index contributed by atoms with van der Waals surface area (Å²) in [7, 11) is 0. The highest BCUT2D eigenvalue weighted by Crippen LogP contribution is 2.19. The van der Waals surface area contributed by atoms with E-state index in [0.29, 0.717) is 5.56 Å². The molecule has 0 fully saturated rings. The molecule has 0 aliphatic carbocycles. The Kier molecular flexibility index (Phi) is 6.52. The lowest BCUT2D eigenvalue weighted by Crippen LogP contribution is -2.42. The zero-order chi connectivity index (χ0) is 19.2. The fourth-order valence-electron chi connectivity index (χ4n) is 2.43. The quantitative estimate of drug-likeness (QED) is 0.793. The van der Waals surface area contributed by atoms with Crippen molar-refractivity contribution in [2.75, 3.05) is 6.61 Å². The molecule has 2 aromatic carbocycles. The summed E-state index contributed by atoms with van der Waals surface area (Å²) in [5, 5.41) is 11.9. The van der Waals surface area contributed by atoms with Gasteiger partial charge in [-0.2, -0.15) is 0 Å². The van der Waals surface area contributed by atoms with Crippen LogP contribution in [0.5, 0.6) is 0 Å². The highest BCUT2D eigenvalue weighted by atomic mass is 16.5. The fraction of sp³-hybridized carbons (Fsp3) is 0.333. The van der Waals surface area contributed by atoms with Gasteiger partial charge in [0.15, 0.2) is 0 Å². The zero-order valence-electron chi connectivity index (χ0n) is 15.4. The van der Waals surface area contributed by atoms with Gasteiger partial charge in [0, 0.05) is 18.6 Å². The van der Waals surface area contributed by atoms with E-state index in [4.69, 9.17) is 4.74 Å². The molecule has 1 atom stereocenters. The van der Waals surface area contributed by atoms with Crippen LogP contribution in [-0.2, 0) is 9.53 Å². The molecule has 26 heavy (non-hydrogen) atoms. The van der Waals surface area contributed by atoms with Gasteiger partial charge in [-0.05, 0) is 44.0 Å². The summed E-state index contributed by atoms with van der Waals surface area (Å²) in [4.78, 5) is 23.7. The van der Waals surface area contributed by atoms with E-state index in [0.717, 1.165) is 11.1 Å². The number of benzene rings is 2. The molecule has 0 spiro atoms. The normalized spacial score (nSPS) is 12.4. The second-order valence-corrected chi connectivity index (χ2v) is 7.06. The highest BCUT2D eigenvalue weighted by molar-refractivity contribution is 5.97. The molecule has 2 N–H and O–H groups in total. The van der Waals surface area contributed by atoms with Gasteiger partial charge in [0.2, 0.25) is 0 Å². The Bertz CT molecular complexity index is 733. The first kappa shape index (κ1) is 19.7. The Hall–Kier alpha value is -2.66. The van der Waals surface area contributed by atoms with Crippen LogP contribution in [0.1, 0.15) is 37.6 Å². The third-order valence-corrected chi connectivity index (χ3v) is 3.80. The average Bonchev–Trinajstić information content (AvgIpc) is 2.60. The topological polar surface area (TPSA) is 75.6 Å². The first-order valence-corrected chi connectivity index (χ1v) is 8.59. The standard InChI is InChI=1S/C21H25NO4/c1-21(2,3)26-14-13-18(20(24)25)22-19(23)17-11-9-16(10-12-17)15-7-5-4-6-8-15/h4-12,18H,13-14H2,1-3H3,(H,22,23)(H,24,25). The fourth-order valence-corrected chi connectivity index (χ4v) is 2.43. The average molecular weight is 355 g/mol. The van der Waals surface area contributed by atoms with E-state index < -0.39 is 17.9 Å². The van der Waals surface area contributed by atoms with Gasteiger partial charge in [0.25, 0.3) is 5.91 Å². The van der Waals surface area contributed by atoms with Crippen LogP contribution in [0.15, 0.2) is 54.6 Å². The lowest BCUT2D eigenvalue weighted by atomic mass is 10.0. The zero-order valence-corrected chi connectivity index (χ0v) is 15.4. The SMILES string of the molecule is CC(C)(C)OCCC(NC(=O)c1ccc(-c2ccccc2)cc1)C(=O)O. The van der Waals surface area contributed by atoms with Crippen molar-refractivity contribution in [3.63, 3.8) is 0 Å². The maximum atomic E-state index is 12.4. The number of hydrogen-bond donors (Lipinski definition) is 2. The minimum absolute atomic E-state index is 0.209. The molecule has 0 heterocycles. The minimum atomic E-state index is -1.07. The number of aliphatic carboxylic acids is 1. The molecular formula is C21H25NO4. The molecule has 0 aliphatic heterocycles. The van der Waals surface area contributed by atoms with Crippen molar-refractivity contribution < 1.29 is 19.4 Å². The van der Waals surface area contributed by atoms with Crippen LogP contribution >= 0.6 is 0 Å². The first-order valence-electron chi connectivity index (χ1n) is 8.59. The van der Waals surface area contributed by atoms with Gasteiger partial charge in [0.05, 0.1) is 5.60 Å². The summed E-state index contributed by atoms with van der Waals surface area (Å²) < 4.78 is 5.55. The van der Waals surface area contributed by atoms with E-state index in [2.05, 4.69) is 5.32 Å². The summed E-state index contributed by atoms with van der Waals surface area (Å²) in [6.07, 6.45) is 0.209. The Morgan fingerprint density at radius 2 is 1.58 bits per heavy atom. The summed E-state index contributed by atoms with van der Waals surface area (Å²) in [5.41, 5.74) is 2.13. The Morgan fingerprint density at radius 1 is 1.00 bits per heavy atom. The van der Waals surface area contributed by atoms with Crippen molar-refractivity contribution in [1.29, 1.82) is 0 Å². The van der Waals surface area contributed by atoms with Gasteiger partial charge in [-0.15, -0.1) is 0 Å². The van der Waals surface area contributed by atoms with Gasteiger partial charge in [-0.1, -0.05) is 42.5 Å². The van der Waals surface area contributed by atoms with E-state index in [1.165, 1.54) is 0 Å². The van der Waals surface area contributed by atoms with E-state index >= 15 is 0 Å². The van der Waals surface area contributed by atoms with E-state index in [9.17, 15) is 14.7 Å². The summed E-state index contributed by atoms with van der Waals surface area (Å²) in [6, 6.07) is 15.9. The van der Waals surface area contributed by atoms with Gasteiger partial charge < -0.3 is 15.2 Å². The van der Waals surface area contributed by atoms with E-state index in [1.54, 1.807) is 12.1 Å². The van der Waals surface area contributed by atoms with E-state index in [1.807, 2.05) is 63.2 Å². The van der Waals surface area contributed by atoms with Gasteiger partial charge in [0.1, 0.15) is 6.04 Å². The van der Waals surface area contributed by atoms with E-state index in [-0.39, 0.29) is 18.6 Å². The maximum Gasteiger partial charge on any atom is 0.326 e. The molecule has 0 bridgehead atoms. The second kappa shape index (κ2) is 8.63. The second-order valence-electron chi connectivity index (χ2n) is 7.06. The molecule has 138 valence electrons. The predicted octanol–water partition coefficient (Wildman–Crippen LogP) is 3.74. The lowest BCUT2D eigenvalue weighted by molar-refractivity contribution is -0.140. The number of amides is 1. The number of nitrogens with one attached hydrogen (secondary N) is 1. The Labute approximate surface area is 154 Å². The Balaban J connectivity index is 1.99. The van der Waals surface area contributed by atoms with Crippen molar-refractivity contribution >= 4 is 11.9 Å². The third-order valence-electron chi connectivity index (χ3n) is 3.80. The summed E-state index contributed by atoms with van der Waals surface area (Å²) in [6.45, 7) is 5.95. The van der Waals surface area contributed by atoms with Gasteiger partial charge in [-0.25, -0.2) is 4.79 Å². The van der Waals surface area contributed by atoms with Crippen molar-refractivity contribution in [2.45, 2.75) is 38.8 Å². The van der Waals surface area contributed by atoms with Crippen LogP contribution in [0.4, 0.5) is 0 Å². The molecule has 0 radical (unpaired) electrons. The molecule has 1 unspecified atom stereocenters. The Morgan fingerprint density at radius 3 is 2.12 bits per heavy atom. The highest BCUT2D eigenvalue weighted by Gasteiger charge is 2.21. The monoisotopic (exact) mass is 355 g/mol. The molecule has 5 nitrogen and oxygen atoms in total. The van der Waals surface area contributed by atoms with Crippen molar-refractivity contribution in [2.24, 2.45) is 0 Å². The number of carbonyl (C=O) groups excluding carboxylic acids is 1. The van der Waals surface area contributed by atoms with Crippen LogP contribution in [0.3, 0.4) is 0 Å². The van der Waals surface area contributed by atoms with Crippen molar-refractivity contribution in [3.05, 3.63) is 60.2 Å². The molecule has 0 aromatic heterocycles. The lowest BCUT2D eigenvalue weighted by Gasteiger charge is -2.21. The maximum absolute atomic E-state index is 12.4. The summed E-state index contributed by atoms with van der Waals surface area (Å²) >= 11 is 0.